The zero-order valence-corrected chi connectivity index (χ0v) is 21.2. The van der Waals surface area contributed by atoms with E-state index in [-0.39, 0.29) is 17.5 Å². The predicted molar refractivity (Wildman–Crippen MR) is 130 cm³/mol. The number of benzene rings is 2. The minimum absolute atomic E-state index is 0.0449. The zero-order chi connectivity index (χ0) is 26.0. The quantitative estimate of drug-likeness (QED) is 0.437. The van der Waals surface area contributed by atoms with Crippen LogP contribution >= 0.6 is 0 Å². The molecule has 2 aromatic carbocycles. The number of ether oxygens (including phenoxy) is 3. The number of hydrogen-bond donors (Lipinski definition) is 0. The van der Waals surface area contributed by atoms with Crippen LogP contribution < -0.4 is 9.47 Å². The minimum atomic E-state index is -4.74. The Labute approximate surface area is 210 Å². The molecule has 1 saturated heterocycles. The van der Waals surface area contributed by atoms with Gasteiger partial charge in [0, 0.05) is 31.5 Å². The second kappa shape index (κ2) is 10.7. The Kier molecular flexibility index (Phi) is 7.83. The first-order chi connectivity index (χ1) is 17.1. The van der Waals surface area contributed by atoms with Gasteiger partial charge in [-0.05, 0) is 47.6 Å². The van der Waals surface area contributed by atoms with Crippen LogP contribution in [0.3, 0.4) is 0 Å². The van der Waals surface area contributed by atoms with Gasteiger partial charge in [0.15, 0.2) is 17.4 Å². The van der Waals surface area contributed by atoms with Gasteiger partial charge >= 0.3 is 12.1 Å². The lowest BCUT2D eigenvalue weighted by Gasteiger charge is -2.47. The number of methoxy groups -OCH3 is 2. The monoisotopic (exact) mass is 505 g/mol. The Morgan fingerprint density at radius 3 is 2.36 bits per heavy atom. The van der Waals surface area contributed by atoms with Crippen molar-refractivity contribution in [3.8, 4) is 11.5 Å². The molecule has 0 saturated carbocycles. The van der Waals surface area contributed by atoms with Gasteiger partial charge in [-0.2, -0.15) is 13.2 Å². The third-order valence-electron chi connectivity index (χ3n) is 7.30. The number of carbonyl (C=O) groups excluding carboxylic acids is 1. The van der Waals surface area contributed by atoms with Crippen LogP contribution in [0, 0.1) is 11.8 Å². The average Bonchev–Trinajstić information content (AvgIpc) is 2.83. The molecule has 5 nitrogen and oxygen atoms in total. The third kappa shape index (κ3) is 5.48. The topological polar surface area (TPSA) is 48.0 Å². The van der Waals surface area contributed by atoms with Gasteiger partial charge in [0.05, 0.1) is 14.2 Å². The van der Waals surface area contributed by atoms with Crippen molar-refractivity contribution < 1.29 is 32.2 Å². The van der Waals surface area contributed by atoms with Crippen molar-refractivity contribution in [2.45, 2.75) is 57.3 Å². The van der Waals surface area contributed by atoms with E-state index in [9.17, 15) is 18.0 Å². The van der Waals surface area contributed by atoms with Crippen LogP contribution in [-0.2, 0) is 16.0 Å². The van der Waals surface area contributed by atoms with Crippen LogP contribution in [0.5, 0.6) is 11.5 Å². The van der Waals surface area contributed by atoms with Crippen LogP contribution in [-0.4, -0.2) is 50.5 Å². The maximum Gasteiger partial charge on any atom is 0.406 e. The van der Waals surface area contributed by atoms with Gasteiger partial charge in [0.2, 0.25) is 0 Å². The van der Waals surface area contributed by atoms with Crippen molar-refractivity contribution in [3.05, 3.63) is 59.2 Å². The predicted octanol–water partition coefficient (Wildman–Crippen LogP) is 5.93. The molecule has 0 radical (unpaired) electrons. The summed E-state index contributed by atoms with van der Waals surface area (Å²) in [4.78, 5) is 15.5. The standard InChI is InChI=1S/C28H34F3NO4/c1-17(2)12-20-16-32-11-10-19-13-24(34-3)25(35-4)14-21(19)22(32)15-23(20)36-27(33)26(28(29,30)31)18-8-6-5-7-9-18/h5-9,13-14,17,20,22-23,26H,10-12,15-16H2,1-4H3/t20-,22?,23+,26?/m1/s1. The van der Waals surface area contributed by atoms with Crippen molar-refractivity contribution in [3.63, 3.8) is 0 Å². The molecule has 2 heterocycles. The van der Waals surface area contributed by atoms with Crippen molar-refractivity contribution >= 4 is 5.97 Å². The Morgan fingerprint density at radius 1 is 1.08 bits per heavy atom. The minimum Gasteiger partial charge on any atom is -0.493 e. The highest BCUT2D eigenvalue weighted by Crippen LogP contribution is 2.45. The van der Waals surface area contributed by atoms with Gasteiger partial charge in [-0.15, -0.1) is 0 Å². The fourth-order valence-corrected chi connectivity index (χ4v) is 5.70. The van der Waals surface area contributed by atoms with E-state index in [2.05, 4.69) is 18.7 Å². The first kappa shape index (κ1) is 26.3. The van der Waals surface area contributed by atoms with Crippen molar-refractivity contribution in [2.24, 2.45) is 11.8 Å². The molecular formula is C28H34F3NO4. The van der Waals surface area contributed by atoms with E-state index in [4.69, 9.17) is 14.2 Å². The van der Waals surface area contributed by atoms with Crippen molar-refractivity contribution in [1.29, 1.82) is 0 Å². The number of nitrogens with zero attached hydrogens (tertiary/aromatic N) is 1. The molecule has 2 unspecified atom stereocenters. The smallest absolute Gasteiger partial charge is 0.406 e. The van der Waals surface area contributed by atoms with Gasteiger partial charge in [-0.1, -0.05) is 44.2 Å². The number of halogens is 3. The van der Waals surface area contributed by atoms with E-state index in [0.717, 1.165) is 30.5 Å². The first-order valence-electron chi connectivity index (χ1n) is 12.4. The van der Waals surface area contributed by atoms with E-state index in [1.165, 1.54) is 24.3 Å². The van der Waals surface area contributed by atoms with Gasteiger partial charge in [0.25, 0.3) is 0 Å². The van der Waals surface area contributed by atoms with Crippen LogP contribution in [0.1, 0.15) is 55.3 Å². The molecular weight excluding hydrogens is 471 g/mol. The normalized spacial score (nSPS) is 22.9. The number of carbonyl (C=O) groups is 1. The summed E-state index contributed by atoms with van der Waals surface area (Å²) >= 11 is 0. The maximum absolute atomic E-state index is 14.0. The third-order valence-corrected chi connectivity index (χ3v) is 7.30. The fraction of sp³-hybridized carbons (Fsp3) is 0.536. The molecule has 2 aliphatic heterocycles. The molecule has 0 N–H and O–H groups in total. The summed E-state index contributed by atoms with van der Waals surface area (Å²) < 4.78 is 58.8. The summed E-state index contributed by atoms with van der Waals surface area (Å²) in [5.74, 6) is -2.00. The van der Waals surface area contributed by atoms with E-state index in [1.807, 2.05) is 12.1 Å². The molecule has 0 spiro atoms. The van der Waals surface area contributed by atoms with E-state index in [0.29, 0.717) is 30.4 Å². The number of piperidine rings is 1. The van der Waals surface area contributed by atoms with Gasteiger partial charge in [0.1, 0.15) is 6.10 Å². The van der Waals surface area contributed by atoms with E-state index in [1.54, 1.807) is 20.3 Å². The van der Waals surface area contributed by atoms with Crippen LogP contribution in [0.4, 0.5) is 13.2 Å². The van der Waals surface area contributed by atoms with Crippen molar-refractivity contribution in [2.75, 3.05) is 27.3 Å². The van der Waals surface area contributed by atoms with Crippen LogP contribution in [0.2, 0.25) is 0 Å². The van der Waals surface area contributed by atoms with Gasteiger partial charge in [-0.25, -0.2) is 0 Å². The molecule has 2 aliphatic rings. The molecule has 4 atom stereocenters. The van der Waals surface area contributed by atoms with Crippen molar-refractivity contribution in [1.82, 2.24) is 4.90 Å². The summed E-state index contributed by atoms with van der Waals surface area (Å²) in [5, 5.41) is 0. The highest BCUT2D eigenvalue weighted by molar-refractivity contribution is 5.79. The Balaban J connectivity index is 1.64. The van der Waals surface area contributed by atoms with E-state index < -0.39 is 24.2 Å². The number of esters is 1. The molecule has 1 fully saturated rings. The summed E-state index contributed by atoms with van der Waals surface area (Å²) in [6, 6.07) is 11.1. The lowest BCUT2D eigenvalue weighted by atomic mass is 9.79. The Morgan fingerprint density at radius 2 is 1.75 bits per heavy atom. The fourth-order valence-electron chi connectivity index (χ4n) is 5.70. The summed E-state index contributed by atoms with van der Waals surface area (Å²) in [5.41, 5.74) is 2.07. The first-order valence-corrected chi connectivity index (χ1v) is 12.4. The molecule has 2 aromatic rings. The molecule has 0 bridgehead atoms. The number of rotatable bonds is 7. The summed E-state index contributed by atoms with van der Waals surface area (Å²) in [6.45, 7) is 5.65. The SMILES string of the molecule is COc1cc2c(cc1OC)C1C[C@H](OC(=O)C(c3ccccc3)C(F)(F)F)[C@H](CC(C)C)CN1CC2. The number of hydrogen-bond acceptors (Lipinski definition) is 5. The average molecular weight is 506 g/mol. The second-order valence-electron chi connectivity index (χ2n) is 10.2. The molecule has 0 amide bonds. The van der Waals surface area contributed by atoms with Crippen LogP contribution in [0.25, 0.3) is 0 Å². The molecule has 4 rings (SSSR count). The summed E-state index contributed by atoms with van der Waals surface area (Å²) in [6.07, 6.45) is -3.32. The Bertz CT molecular complexity index is 1060. The molecule has 196 valence electrons. The maximum atomic E-state index is 14.0. The molecule has 0 aliphatic carbocycles. The summed E-state index contributed by atoms with van der Waals surface area (Å²) in [7, 11) is 3.17. The number of fused-ring (bicyclic) bond motifs is 3. The Hall–Kier alpha value is -2.74. The molecule has 0 aromatic heterocycles. The largest absolute Gasteiger partial charge is 0.493 e. The lowest BCUT2D eigenvalue weighted by Crippen LogP contribution is -2.50. The highest BCUT2D eigenvalue weighted by Gasteiger charge is 2.49. The van der Waals surface area contributed by atoms with Crippen LogP contribution in [0.15, 0.2) is 42.5 Å². The highest BCUT2D eigenvalue weighted by atomic mass is 19.4. The number of alkyl halides is 3. The zero-order valence-electron chi connectivity index (χ0n) is 21.2. The lowest BCUT2D eigenvalue weighted by molar-refractivity contribution is -0.190. The molecule has 8 heteroatoms. The van der Waals surface area contributed by atoms with Gasteiger partial charge < -0.3 is 14.2 Å². The van der Waals surface area contributed by atoms with E-state index >= 15 is 0 Å². The van der Waals surface area contributed by atoms with Gasteiger partial charge in [-0.3, -0.25) is 9.69 Å². The second-order valence-corrected chi connectivity index (χ2v) is 10.2. The molecule has 36 heavy (non-hydrogen) atoms.